The summed E-state index contributed by atoms with van der Waals surface area (Å²) in [6.07, 6.45) is -0.487. The number of hydrogen-bond acceptors (Lipinski definition) is 3. The van der Waals surface area contributed by atoms with E-state index in [1.807, 2.05) is 12.1 Å². The van der Waals surface area contributed by atoms with Crippen LogP contribution in [0.1, 0.15) is 10.4 Å². The molecule has 1 aliphatic rings. The van der Waals surface area contributed by atoms with Crippen LogP contribution in [0, 0.1) is 0 Å². The summed E-state index contributed by atoms with van der Waals surface area (Å²) in [5.41, 5.74) is 0.634. The third-order valence-electron chi connectivity index (χ3n) is 3.06. The van der Waals surface area contributed by atoms with Gasteiger partial charge in [0.25, 0.3) is 5.91 Å². The minimum Gasteiger partial charge on any atom is -0.390 e. The van der Waals surface area contributed by atoms with Gasteiger partial charge in [0.2, 0.25) is 0 Å². The van der Waals surface area contributed by atoms with E-state index in [9.17, 15) is 9.90 Å². The van der Waals surface area contributed by atoms with E-state index in [1.165, 1.54) is 0 Å². The summed E-state index contributed by atoms with van der Waals surface area (Å²) in [5, 5.41) is 12.8. The monoisotopic (exact) mass is 298 g/mol. The van der Waals surface area contributed by atoms with Gasteiger partial charge in [-0.05, 0) is 24.3 Å². The second-order valence-electron chi connectivity index (χ2n) is 4.22. The zero-order chi connectivity index (χ0) is 12.4. The van der Waals surface area contributed by atoms with Crippen molar-refractivity contribution in [3.05, 3.63) is 34.3 Å². The molecule has 0 unspecified atom stereocenters. The number of halogens is 1. The van der Waals surface area contributed by atoms with Crippen molar-refractivity contribution in [3.8, 4) is 0 Å². The van der Waals surface area contributed by atoms with Crippen LogP contribution < -0.4 is 5.32 Å². The zero-order valence-corrected chi connectivity index (χ0v) is 11.1. The molecule has 1 aliphatic heterocycles. The first-order valence-corrected chi connectivity index (χ1v) is 6.30. The molecule has 1 amide bonds. The molecule has 0 saturated carbocycles. The summed E-state index contributed by atoms with van der Waals surface area (Å²) in [5.74, 6) is -0.0646. The maximum atomic E-state index is 12.2. The number of carbonyl (C=O) groups excluding carboxylic acids is 1. The molecule has 5 heteroatoms. The standard InChI is InChI=1S/C12H15BrN2O2/c1-15(10-6-14-7-11(10)16)12(17)8-2-4-9(13)5-3-8/h2-5,10-11,14,16H,6-7H2,1H3/t10-,11-/m1/s1. The first-order valence-electron chi connectivity index (χ1n) is 5.51. The van der Waals surface area contributed by atoms with E-state index in [4.69, 9.17) is 0 Å². The summed E-state index contributed by atoms with van der Waals surface area (Å²) >= 11 is 3.33. The van der Waals surface area contributed by atoms with Crippen molar-refractivity contribution < 1.29 is 9.90 Å². The van der Waals surface area contributed by atoms with Gasteiger partial charge in [0.05, 0.1) is 12.1 Å². The first-order chi connectivity index (χ1) is 8.09. The molecule has 1 saturated heterocycles. The second kappa shape index (κ2) is 5.16. The Balaban J connectivity index is 2.11. The Kier molecular flexibility index (Phi) is 3.81. The fourth-order valence-corrected chi connectivity index (χ4v) is 2.26. The molecule has 4 nitrogen and oxygen atoms in total. The quantitative estimate of drug-likeness (QED) is 0.851. The highest BCUT2D eigenvalue weighted by Crippen LogP contribution is 2.15. The van der Waals surface area contributed by atoms with E-state index in [-0.39, 0.29) is 11.9 Å². The predicted octanol–water partition coefficient (Wildman–Crippen LogP) is 0.854. The van der Waals surface area contributed by atoms with Crippen LogP contribution in [0.3, 0.4) is 0 Å². The lowest BCUT2D eigenvalue weighted by molar-refractivity contribution is 0.0581. The third-order valence-corrected chi connectivity index (χ3v) is 3.59. The van der Waals surface area contributed by atoms with E-state index in [0.717, 1.165) is 4.47 Å². The molecule has 2 rings (SSSR count). The molecule has 0 spiro atoms. The van der Waals surface area contributed by atoms with E-state index < -0.39 is 6.10 Å². The largest absolute Gasteiger partial charge is 0.390 e. The summed E-state index contributed by atoms with van der Waals surface area (Å²) in [4.78, 5) is 13.8. The fourth-order valence-electron chi connectivity index (χ4n) is 1.99. The van der Waals surface area contributed by atoms with Crippen molar-refractivity contribution >= 4 is 21.8 Å². The Labute approximate surface area is 109 Å². The summed E-state index contributed by atoms with van der Waals surface area (Å²) < 4.78 is 0.944. The van der Waals surface area contributed by atoms with Gasteiger partial charge in [-0.25, -0.2) is 0 Å². The van der Waals surface area contributed by atoms with Gasteiger partial charge in [0.1, 0.15) is 0 Å². The predicted molar refractivity (Wildman–Crippen MR) is 68.9 cm³/mol. The molecular formula is C12H15BrN2O2. The van der Waals surface area contributed by atoms with Crippen molar-refractivity contribution in [1.82, 2.24) is 10.2 Å². The maximum absolute atomic E-state index is 12.2. The zero-order valence-electron chi connectivity index (χ0n) is 9.56. The highest BCUT2D eigenvalue weighted by atomic mass is 79.9. The molecule has 0 bridgehead atoms. The minimum atomic E-state index is -0.487. The Morgan fingerprint density at radius 3 is 2.59 bits per heavy atom. The van der Waals surface area contributed by atoms with Crippen LogP contribution in [0.25, 0.3) is 0 Å². The van der Waals surface area contributed by atoms with Gasteiger partial charge >= 0.3 is 0 Å². The molecule has 0 radical (unpaired) electrons. The van der Waals surface area contributed by atoms with Crippen molar-refractivity contribution in [1.29, 1.82) is 0 Å². The molecule has 2 atom stereocenters. The average Bonchev–Trinajstić information content (AvgIpc) is 2.74. The van der Waals surface area contributed by atoms with Gasteiger partial charge in [-0.3, -0.25) is 4.79 Å². The van der Waals surface area contributed by atoms with Crippen LogP contribution in [0.2, 0.25) is 0 Å². The molecule has 0 aromatic heterocycles. The molecule has 1 heterocycles. The first kappa shape index (κ1) is 12.5. The van der Waals surface area contributed by atoms with E-state index in [2.05, 4.69) is 21.2 Å². The lowest BCUT2D eigenvalue weighted by Gasteiger charge is -2.26. The summed E-state index contributed by atoms with van der Waals surface area (Å²) in [6.45, 7) is 1.18. The van der Waals surface area contributed by atoms with Crippen LogP contribution in [-0.2, 0) is 0 Å². The number of carbonyl (C=O) groups is 1. The number of aliphatic hydroxyl groups excluding tert-OH is 1. The van der Waals surface area contributed by atoms with Gasteiger partial charge in [0, 0.05) is 30.2 Å². The van der Waals surface area contributed by atoms with E-state index in [0.29, 0.717) is 18.7 Å². The Bertz CT molecular complexity index is 407. The van der Waals surface area contributed by atoms with Crippen LogP contribution >= 0.6 is 15.9 Å². The number of β-amino-alcohol motifs (C(OH)–C–C–N with tert-alkyl or cyclic N) is 1. The van der Waals surface area contributed by atoms with E-state index in [1.54, 1.807) is 24.1 Å². The second-order valence-corrected chi connectivity index (χ2v) is 5.13. The van der Waals surface area contributed by atoms with Crippen molar-refractivity contribution in [3.63, 3.8) is 0 Å². The van der Waals surface area contributed by atoms with Crippen LogP contribution in [-0.4, -0.2) is 48.2 Å². The van der Waals surface area contributed by atoms with Gasteiger partial charge < -0.3 is 15.3 Å². The topological polar surface area (TPSA) is 52.6 Å². The third kappa shape index (κ3) is 2.68. The number of benzene rings is 1. The SMILES string of the molecule is CN(C(=O)c1ccc(Br)cc1)[C@@H]1CNC[C@H]1O. The summed E-state index contributed by atoms with van der Waals surface area (Å²) in [6, 6.07) is 7.08. The minimum absolute atomic E-state index is 0.0646. The van der Waals surface area contributed by atoms with Gasteiger partial charge in [-0.2, -0.15) is 0 Å². The van der Waals surface area contributed by atoms with Gasteiger partial charge in [-0.1, -0.05) is 15.9 Å². The molecule has 0 aliphatic carbocycles. The normalized spacial score (nSPS) is 23.7. The van der Waals surface area contributed by atoms with E-state index >= 15 is 0 Å². The molecule has 1 aromatic rings. The molecule has 17 heavy (non-hydrogen) atoms. The van der Waals surface area contributed by atoms with Gasteiger partial charge in [-0.15, -0.1) is 0 Å². The number of hydrogen-bond donors (Lipinski definition) is 2. The Hall–Kier alpha value is -0.910. The molecule has 2 N–H and O–H groups in total. The highest BCUT2D eigenvalue weighted by molar-refractivity contribution is 9.10. The van der Waals surface area contributed by atoms with Crippen molar-refractivity contribution in [2.45, 2.75) is 12.1 Å². The lowest BCUT2D eigenvalue weighted by atomic mass is 10.1. The Morgan fingerprint density at radius 1 is 1.41 bits per heavy atom. The fraction of sp³-hybridized carbons (Fsp3) is 0.417. The average molecular weight is 299 g/mol. The highest BCUT2D eigenvalue weighted by Gasteiger charge is 2.31. The number of aliphatic hydroxyl groups is 1. The molecule has 1 aromatic carbocycles. The molecular weight excluding hydrogens is 284 g/mol. The number of likely N-dealkylation sites (N-methyl/N-ethyl adjacent to an activating group) is 1. The van der Waals surface area contributed by atoms with Crippen LogP contribution in [0.15, 0.2) is 28.7 Å². The maximum Gasteiger partial charge on any atom is 0.253 e. The molecule has 92 valence electrons. The number of nitrogens with one attached hydrogen (secondary N) is 1. The Morgan fingerprint density at radius 2 is 2.06 bits per heavy atom. The van der Waals surface area contributed by atoms with Crippen molar-refractivity contribution in [2.24, 2.45) is 0 Å². The van der Waals surface area contributed by atoms with Gasteiger partial charge in [0.15, 0.2) is 0 Å². The summed E-state index contributed by atoms with van der Waals surface area (Å²) in [7, 11) is 1.73. The number of rotatable bonds is 2. The van der Waals surface area contributed by atoms with Crippen LogP contribution in [0.5, 0.6) is 0 Å². The van der Waals surface area contributed by atoms with Crippen LogP contribution in [0.4, 0.5) is 0 Å². The smallest absolute Gasteiger partial charge is 0.253 e. The molecule has 1 fully saturated rings. The number of nitrogens with zero attached hydrogens (tertiary/aromatic N) is 1. The van der Waals surface area contributed by atoms with Crippen molar-refractivity contribution in [2.75, 3.05) is 20.1 Å². The lowest BCUT2D eigenvalue weighted by Crippen LogP contribution is -2.44. The number of amides is 1.